The molecule has 4 heterocycles. The number of halogens is 2. The minimum atomic E-state index is -0.582. The smallest absolute Gasteiger partial charge is 0.164 e. The van der Waals surface area contributed by atoms with Crippen molar-refractivity contribution in [2.45, 2.75) is 110 Å². The van der Waals surface area contributed by atoms with Crippen LogP contribution in [0.5, 0.6) is 0 Å². The summed E-state index contributed by atoms with van der Waals surface area (Å²) in [5.41, 5.74) is 2.33. The van der Waals surface area contributed by atoms with Crippen molar-refractivity contribution >= 4 is 0 Å². The normalized spacial score (nSPS) is 18.0. The van der Waals surface area contributed by atoms with Gasteiger partial charge in [0.05, 0.1) is 35.2 Å². The largest absolute Gasteiger partial charge is 0.233 e. The molecule has 0 amide bonds. The predicted octanol–water partition coefficient (Wildman–Crippen LogP) is 8.48. The van der Waals surface area contributed by atoms with Crippen molar-refractivity contribution in [2.24, 2.45) is 10.8 Å². The lowest BCUT2D eigenvalue weighted by Crippen LogP contribution is -2.23. The predicted molar refractivity (Wildman–Crippen MR) is 165 cm³/mol. The molecule has 6 rings (SSSR count). The van der Waals surface area contributed by atoms with Crippen LogP contribution in [0.2, 0.25) is 0 Å². The van der Waals surface area contributed by atoms with E-state index in [1.54, 1.807) is 9.36 Å². The SMILES string of the molecule is CCC1(Cc2nn(-c3cccc(C(C)(C)c4cccc(-n5cc(F)c(CC6(CC)CCCC6)n5)n4)n3)cc2F)CCCC1. The zero-order chi connectivity index (χ0) is 30.2. The highest BCUT2D eigenvalue weighted by Gasteiger charge is 2.35. The molecule has 0 atom stereocenters. The van der Waals surface area contributed by atoms with Crippen LogP contribution in [0, 0.1) is 22.5 Å². The van der Waals surface area contributed by atoms with E-state index >= 15 is 8.78 Å². The van der Waals surface area contributed by atoms with E-state index in [-0.39, 0.29) is 22.5 Å². The number of hydrogen-bond donors (Lipinski definition) is 0. The molecule has 43 heavy (non-hydrogen) atoms. The van der Waals surface area contributed by atoms with E-state index in [9.17, 15) is 0 Å². The van der Waals surface area contributed by atoms with Crippen molar-refractivity contribution < 1.29 is 8.78 Å². The molecular weight excluding hydrogens is 542 g/mol. The van der Waals surface area contributed by atoms with E-state index in [1.807, 2.05) is 36.4 Å². The van der Waals surface area contributed by atoms with Crippen LogP contribution in [0.3, 0.4) is 0 Å². The molecule has 0 aromatic carbocycles. The Labute approximate surface area is 254 Å². The van der Waals surface area contributed by atoms with E-state index in [2.05, 4.69) is 37.9 Å². The van der Waals surface area contributed by atoms with Crippen molar-refractivity contribution in [1.82, 2.24) is 29.5 Å². The molecule has 0 aliphatic heterocycles. The maximum atomic E-state index is 15.1. The average molecular weight is 587 g/mol. The summed E-state index contributed by atoms with van der Waals surface area (Å²) in [5.74, 6) is 0.590. The Balaban J connectivity index is 1.25. The van der Waals surface area contributed by atoms with E-state index in [0.717, 1.165) is 49.9 Å². The van der Waals surface area contributed by atoms with Gasteiger partial charge in [-0.15, -0.1) is 0 Å². The van der Waals surface area contributed by atoms with Crippen LogP contribution in [-0.4, -0.2) is 29.5 Å². The third-order valence-corrected chi connectivity index (χ3v) is 10.6. The topological polar surface area (TPSA) is 61.4 Å². The first-order valence-electron chi connectivity index (χ1n) is 16.1. The summed E-state index contributed by atoms with van der Waals surface area (Å²) >= 11 is 0. The first kappa shape index (κ1) is 29.6. The van der Waals surface area contributed by atoms with Gasteiger partial charge in [0.15, 0.2) is 23.3 Å². The van der Waals surface area contributed by atoms with Gasteiger partial charge in [-0.3, -0.25) is 0 Å². The van der Waals surface area contributed by atoms with Crippen molar-refractivity contribution in [2.75, 3.05) is 0 Å². The first-order chi connectivity index (χ1) is 20.7. The molecule has 0 spiro atoms. The monoisotopic (exact) mass is 586 g/mol. The van der Waals surface area contributed by atoms with Gasteiger partial charge in [0, 0.05) is 18.3 Å². The van der Waals surface area contributed by atoms with Crippen LogP contribution in [-0.2, 0) is 18.3 Å². The highest BCUT2D eigenvalue weighted by Crippen LogP contribution is 2.44. The van der Waals surface area contributed by atoms with Crippen molar-refractivity contribution in [3.8, 4) is 11.6 Å². The zero-order valence-corrected chi connectivity index (χ0v) is 26.0. The van der Waals surface area contributed by atoms with E-state index < -0.39 is 5.41 Å². The molecule has 0 saturated heterocycles. The Bertz CT molecular complexity index is 1460. The van der Waals surface area contributed by atoms with E-state index in [1.165, 1.54) is 38.1 Å². The van der Waals surface area contributed by atoms with Crippen molar-refractivity contribution in [3.63, 3.8) is 0 Å². The van der Waals surface area contributed by atoms with E-state index in [0.29, 0.717) is 35.9 Å². The number of hydrogen-bond acceptors (Lipinski definition) is 4. The first-order valence-corrected chi connectivity index (χ1v) is 16.1. The second kappa shape index (κ2) is 11.6. The minimum Gasteiger partial charge on any atom is -0.233 e. The molecule has 6 nitrogen and oxygen atoms in total. The van der Waals surface area contributed by atoms with Gasteiger partial charge < -0.3 is 0 Å². The van der Waals surface area contributed by atoms with Gasteiger partial charge in [0.2, 0.25) is 0 Å². The van der Waals surface area contributed by atoms with Crippen LogP contribution in [0.15, 0.2) is 48.8 Å². The molecule has 0 N–H and O–H groups in total. The minimum absolute atomic E-state index is 0.153. The van der Waals surface area contributed by atoms with Crippen LogP contribution in [0.4, 0.5) is 8.78 Å². The molecule has 8 heteroatoms. The summed E-state index contributed by atoms with van der Waals surface area (Å²) in [7, 11) is 0. The third kappa shape index (κ3) is 5.77. The Morgan fingerprint density at radius 3 is 1.44 bits per heavy atom. The van der Waals surface area contributed by atoms with Gasteiger partial charge in [-0.25, -0.2) is 28.1 Å². The summed E-state index contributed by atoms with van der Waals surface area (Å²) in [6.45, 7) is 8.53. The molecule has 2 aliphatic carbocycles. The molecule has 2 aliphatic rings. The van der Waals surface area contributed by atoms with Crippen molar-refractivity contribution in [3.05, 3.63) is 83.2 Å². The number of rotatable bonds is 10. The van der Waals surface area contributed by atoms with Crippen LogP contribution in [0.1, 0.15) is 115 Å². The highest BCUT2D eigenvalue weighted by molar-refractivity contribution is 5.36. The van der Waals surface area contributed by atoms with Crippen LogP contribution in [0.25, 0.3) is 11.6 Å². The Morgan fingerprint density at radius 2 is 1.07 bits per heavy atom. The van der Waals surface area contributed by atoms with Gasteiger partial charge in [-0.1, -0.05) is 64.5 Å². The van der Waals surface area contributed by atoms with Crippen LogP contribution >= 0.6 is 0 Å². The quantitative estimate of drug-likeness (QED) is 0.187. The Hall–Kier alpha value is -3.42. The van der Waals surface area contributed by atoms with Crippen molar-refractivity contribution in [1.29, 1.82) is 0 Å². The lowest BCUT2D eigenvalue weighted by atomic mass is 9.79. The lowest BCUT2D eigenvalue weighted by molar-refractivity contribution is 0.275. The maximum absolute atomic E-state index is 15.1. The zero-order valence-electron chi connectivity index (χ0n) is 26.0. The summed E-state index contributed by atoms with van der Waals surface area (Å²) in [5, 5.41) is 9.32. The number of pyridine rings is 2. The molecule has 4 aromatic rings. The lowest BCUT2D eigenvalue weighted by Gasteiger charge is -2.26. The summed E-state index contributed by atoms with van der Waals surface area (Å²) < 4.78 is 33.3. The fraction of sp³-hybridized carbons (Fsp3) is 0.543. The molecule has 0 unspecified atom stereocenters. The Kier molecular flexibility index (Phi) is 7.99. The maximum Gasteiger partial charge on any atom is 0.164 e. The second-order valence-corrected chi connectivity index (χ2v) is 13.6. The molecule has 228 valence electrons. The summed E-state index contributed by atoms with van der Waals surface area (Å²) in [4.78, 5) is 9.84. The second-order valence-electron chi connectivity index (χ2n) is 13.6. The third-order valence-electron chi connectivity index (χ3n) is 10.6. The average Bonchev–Trinajstić information content (AvgIpc) is 3.83. The molecule has 4 aromatic heterocycles. The van der Waals surface area contributed by atoms with Gasteiger partial charge in [0.1, 0.15) is 0 Å². The molecular formula is C35H44F2N6. The molecule has 0 radical (unpaired) electrons. The highest BCUT2D eigenvalue weighted by atomic mass is 19.1. The fourth-order valence-electron chi connectivity index (χ4n) is 7.45. The standard InChI is InChI=1S/C35H44F2N6/c1-5-34(17-7-8-18-34)21-27-25(36)23-42(40-27)31-15-11-13-29(38-31)33(3,4)30-14-12-16-32(39-30)43-24-26(37)28(41-43)22-35(6-2)19-9-10-20-35/h11-16,23-24H,5-10,17-22H2,1-4H3. The summed E-state index contributed by atoms with van der Waals surface area (Å²) in [6.07, 6.45) is 15.7. The molecule has 2 fully saturated rings. The van der Waals surface area contributed by atoms with Gasteiger partial charge in [-0.05, 0) is 74.6 Å². The van der Waals surface area contributed by atoms with Crippen LogP contribution < -0.4 is 0 Å². The molecule has 2 saturated carbocycles. The summed E-state index contributed by atoms with van der Waals surface area (Å²) in [6, 6.07) is 11.5. The number of aromatic nitrogens is 6. The Morgan fingerprint density at radius 1 is 0.674 bits per heavy atom. The van der Waals surface area contributed by atoms with Gasteiger partial charge >= 0.3 is 0 Å². The molecule has 0 bridgehead atoms. The van der Waals surface area contributed by atoms with Gasteiger partial charge in [-0.2, -0.15) is 10.2 Å². The van der Waals surface area contributed by atoms with E-state index in [4.69, 9.17) is 9.97 Å². The fourth-order valence-corrected chi connectivity index (χ4v) is 7.45. The number of nitrogens with zero attached hydrogens (tertiary/aromatic N) is 6. The van der Waals surface area contributed by atoms with Gasteiger partial charge in [0.25, 0.3) is 0 Å².